The third kappa shape index (κ3) is 4.84. The van der Waals surface area contributed by atoms with Gasteiger partial charge < -0.3 is 4.74 Å². The summed E-state index contributed by atoms with van der Waals surface area (Å²) < 4.78 is 5.50. The summed E-state index contributed by atoms with van der Waals surface area (Å²) in [5, 5.41) is 0. The zero-order chi connectivity index (χ0) is 14.6. The average molecular weight is 294 g/mol. The van der Waals surface area contributed by atoms with Crippen molar-refractivity contribution in [1.29, 1.82) is 0 Å². The Balaban J connectivity index is 1.90. The quantitative estimate of drug-likeness (QED) is 0.633. The summed E-state index contributed by atoms with van der Waals surface area (Å²) in [4.78, 5) is 18.8. The molecule has 1 aromatic heterocycles. The van der Waals surface area contributed by atoms with Gasteiger partial charge in [-0.05, 0) is 39.1 Å². The van der Waals surface area contributed by atoms with E-state index in [9.17, 15) is 4.79 Å². The number of carbonyl (C=O) groups excluding carboxylic acids is 1. The van der Waals surface area contributed by atoms with Gasteiger partial charge in [0.2, 0.25) is 0 Å². The lowest BCUT2D eigenvalue weighted by Crippen LogP contribution is -2.42. The molecule has 0 aromatic carbocycles. The van der Waals surface area contributed by atoms with Crippen molar-refractivity contribution in [2.45, 2.75) is 38.6 Å². The van der Waals surface area contributed by atoms with Crippen molar-refractivity contribution in [3.63, 3.8) is 0 Å². The zero-order valence-corrected chi connectivity index (χ0v) is 13.4. The van der Waals surface area contributed by atoms with Crippen LogP contribution in [0, 0.1) is 0 Å². The summed E-state index contributed by atoms with van der Waals surface area (Å²) in [5.41, 5.74) is 0.678. The van der Waals surface area contributed by atoms with Crippen LogP contribution in [0.5, 0.6) is 0 Å². The van der Waals surface area contributed by atoms with Crippen LogP contribution in [0.3, 0.4) is 0 Å². The number of rotatable bonds is 3. The second-order valence-electron chi connectivity index (χ2n) is 6.10. The Morgan fingerprint density at radius 3 is 2.95 bits per heavy atom. The Morgan fingerprint density at radius 1 is 1.50 bits per heavy atom. The van der Waals surface area contributed by atoms with Crippen LogP contribution < -0.4 is 0 Å². The zero-order valence-electron chi connectivity index (χ0n) is 12.4. The summed E-state index contributed by atoms with van der Waals surface area (Å²) in [6.07, 6.45) is 2.88. The molecular formula is C15H23N2O2P. The number of carbonyl (C=O) groups is 1. The van der Waals surface area contributed by atoms with Crippen molar-refractivity contribution < 1.29 is 9.53 Å². The Morgan fingerprint density at radius 2 is 2.30 bits per heavy atom. The van der Waals surface area contributed by atoms with Gasteiger partial charge in [-0.15, -0.1) is 8.58 Å². The molecular weight excluding hydrogens is 271 g/mol. The maximum absolute atomic E-state index is 12.2. The lowest BCUT2D eigenvalue weighted by atomic mass is 10.2. The molecule has 1 aliphatic heterocycles. The molecule has 4 nitrogen and oxygen atoms in total. The van der Waals surface area contributed by atoms with Crippen LogP contribution in [-0.4, -0.2) is 46.4 Å². The highest BCUT2D eigenvalue weighted by Crippen LogP contribution is 2.28. The Kier molecular flexibility index (Phi) is 5.11. The topological polar surface area (TPSA) is 42.4 Å². The van der Waals surface area contributed by atoms with Gasteiger partial charge in [-0.3, -0.25) is 14.7 Å². The minimum atomic E-state index is -0.398. The Hall–Kier alpha value is -0.990. The minimum Gasteiger partial charge on any atom is -0.459 e. The molecule has 2 atom stereocenters. The molecule has 0 spiro atoms. The molecule has 2 rings (SSSR count). The number of esters is 1. The van der Waals surface area contributed by atoms with Gasteiger partial charge in [-0.2, -0.15) is 0 Å². The van der Waals surface area contributed by atoms with Crippen molar-refractivity contribution in [2.75, 3.05) is 19.3 Å². The third-order valence-corrected chi connectivity index (χ3v) is 4.49. The Bertz CT molecular complexity index is 445. The first-order valence-corrected chi connectivity index (χ1v) is 8.31. The van der Waals surface area contributed by atoms with Crippen LogP contribution in [0.25, 0.3) is 0 Å². The van der Waals surface area contributed by atoms with Gasteiger partial charge in [0.05, 0.1) is 11.4 Å². The van der Waals surface area contributed by atoms with Gasteiger partial charge in [-0.1, -0.05) is 6.07 Å². The van der Waals surface area contributed by atoms with Crippen molar-refractivity contribution in [3.8, 4) is 0 Å². The van der Waals surface area contributed by atoms with Crippen LogP contribution in [0.4, 0.5) is 0 Å². The fourth-order valence-corrected chi connectivity index (χ4v) is 3.61. The van der Waals surface area contributed by atoms with Crippen LogP contribution in [0.1, 0.15) is 26.5 Å². The van der Waals surface area contributed by atoms with Gasteiger partial charge in [0.1, 0.15) is 5.60 Å². The molecule has 0 aliphatic carbocycles. The van der Waals surface area contributed by atoms with Crippen molar-refractivity contribution in [3.05, 3.63) is 30.1 Å². The maximum atomic E-state index is 12.2. The molecule has 0 bridgehead atoms. The van der Waals surface area contributed by atoms with E-state index in [1.807, 2.05) is 45.2 Å². The molecule has 1 fully saturated rings. The molecule has 0 N–H and O–H groups in total. The second-order valence-corrected chi connectivity index (χ2v) is 7.70. The van der Waals surface area contributed by atoms with E-state index in [1.165, 1.54) is 0 Å². The van der Waals surface area contributed by atoms with E-state index in [-0.39, 0.29) is 11.6 Å². The third-order valence-electron chi connectivity index (χ3n) is 3.06. The van der Waals surface area contributed by atoms with E-state index in [0.29, 0.717) is 8.58 Å². The lowest BCUT2D eigenvalue weighted by molar-refractivity contribution is -0.154. The van der Waals surface area contributed by atoms with Gasteiger partial charge in [0.25, 0.3) is 0 Å². The number of aromatic nitrogens is 1. The Labute approximate surface area is 122 Å². The van der Waals surface area contributed by atoms with Gasteiger partial charge in [-0.25, -0.2) is 0 Å². The van der Waals surface area contributed by atoms with Crippen LogP contribution in [0.15, 0.2) is 24.4 Å². The van der Waals surface area contributed by atoms with Crippen LogP contribution >= 0.6 is 8.58 Å². The number of hydrogen-bond acceptors (Lipinski definition) is 4. The fraction of sp³-hybridized carbons (Fsp3) is 0.600. The normalized spacial score (nSPS) is 21.9. The fourth-order valence-electron chi connectivity index (χ4n) is 2.21. The van der Waals surface area contributed by atoms with Gasteiger partial charge in [0.15, 0.2) is 0 Å². The van der Waals surface area contributed by atoms with Crippen molar-refractivity contribution in [2.24, 2.45) is 0 Å². The summed E-state index contributed by atoms with van der Waals surface area (Å²) in [6, 6.07) is 5.95. The number of hydrogen-bond donors (Lipinski definition) is 0. The highest BCUT2D eigenvalue weighted by atomic mass is 31.1. The molecule has 5 heteroatoms. The molecule has 20 heavy (non-hydrogen) atoms. The first-order chi connectivity index (χ1) is 9.44. The molecule has 0 radical (unpaired) electrons. The van der Waals surface area contributed by atoms with E-state index in [2.05, 4.69) is 9.88 Å². The lowest BCUT2D eigenvalue weighted by Gasteiger charge is -2.32. The predicted molar refractivity (Wildman–Crippen MR) is 82.3 cm³/mol. The summed E-state index contributed by atoms with van der Waals surface area (Å²) in [5.74, 6) is -0.0541. The molecule has 1 aliphatic rings. The largest absolute Gasteiger partial charge is 0.459 e. The summed E-state index contributed by atoms with van der Waals surface area (Å²) in [6.45, 7) is 8.39. The second kappa shape index (κ2) is 6.64. The maximum Gasteiger partial charge on any atom is 0.314 e. The molecule has 1 aromatic rings. The van der Waals surface area contributed by atoms with Gasteiger partial charge >= 0.3 is 5.97 Å². The van der Waals surface area contributed by atoms with Gasteiger partial charge in [0, 0.05) is 25.8 Å². The number of ether oxygens (including phenoxy) is 1. The highest BCUT2D eigenvalue weighted by molar-refractivity contribution is 7.40. The summed E-state index contributed by atoms with van der Waals surface area (Å²) in [7, 11) is 0.669. The standard InChI is InChI=1S/C15H23N2O2P/c1-15(2,3)19-14(18)13-11-17(8-9-20-13)10-12-6-4-5-7-16-12/h4-7,13,20H,8-11H2,1-3H3. The van der Waals surface area contributed by atoms with E-state index in [0.717, 1.165) is 31.5 Å². The van der Waals surface area contributed by atoms with Crippen molar-refractivity contribution in [1.82, 2.24) is 9.88 Å². The molecule has 110 valence electrons. The number of nitrogens with zero attached hydrogens (tertiary/aromatic N) is 2. The number of pyridine rings is 1. The molecule has 0 saturated carbocycles. The summed E-state index contributed by atoms with van der Waals surface area (Å²) >= 11 is 0. The molecule has 1 saturated heterocycles. The predicted octanol–water partition coefficient (Wildman–Crippen LogP) is 2.29. The molecule has 0 amide bonds. The van der Waals surface area contributed by atoms with E-state index in [1.54, 1.807) is 0 Å². The smallest absolute Gasteiger partial charge is 0.314 e. The SMILES string of the molecule is CC(C)(C)OC(=O)C1CN(Cc2ccccn2)CCP1. The van der Waals surface area contributed by atoms with Crippen molar-refractivity contribution >= 4 is 14.6 Å². The van der Waals surface area contributed by atoms with E-state index in [4.69, 9.17) is 4.74 Å². The van der Waals surface area contributed by atoms with E-state index < -0.39 is 5.60 Å². The van der Waals surface area contributed by atoms with Crippen LogP contribution in [0.2, 0.25) is 0 Å². The molecule has 2 unspecified atom stereocenters. The first kappa shape index (κ1) is 15.4. The first-order valence-electron chi connectivity index (χ1n) is 7.02. The van der Waals surface area contributed by atoms with Crippen LogP contribution in [-0.2, 0) is 16.1 Å². The average Bonchev–Trinajstić information content (AvgIpc) is 2.38. The van der Waals surface area contributed by atoms with E-state index >= 15 is 0 Å². The molecule has 2 heterocycles. The monoisotopic (exact) mass is 294 g/mol. The minimum absolute atomic E-state index is 0.0201. The highest BCUT2D eigenvalue weighted by Gasteiger charge is 2.29.